The number of nitrogens with one attached hydrogen (secondary N) is 1. The molecule has 1 unspecified atom stereocenters. The van der Waals surface area contributed by atoms with E-state index >= 15 is 0 Å². The number of nitrogens with zero attached hydrogens (tertiary/aromatic N) is 2. The number of amides is 1. The molecule has 1 saturated heterocycles. The Bertz CT molecular complexity index is 783. The molecule has 1 aromatic heterocycles. The average molecular weight is 327 g/mol. The first-order chi connectivity index (χ1) is 11.6. The number of ether oxygens (including phenoxy) is 1. The number of benzene rings is 1. The lowest BCUT2D eigenvalue weighted by Gasteiger charge is -2.18. The van der Waals surface area contributed by atoms with Crippen LogP contribution in [0.15, 0.2) is 47.4 Å². The maximum Gasteiger partial charge on any atom is 0.263 e. The molecule has 1 atom stereocenters. The van der Waals surface area contributed by atoms with E-state index in [1.165, 1.54) is 10.6 Å². The molecule has 0 saturated carbocycles. The van der Waals surface area contributed by atoms with Crippen molar-refractivity contribution in [1.29, 1.82) is 0 Å². The fourth-order valence-electron chi connectivity index (χ4n) is 2.88. The normalized spacial score (nSPS) is 17.1. The van der Waals surface area contributed by atoms with Crippen LogP contribution in [0.1, 0.15) is 16.8 Å². The Hall–Kier alpha value is -2.60. The second kappa shape index (κ2) is 6.88. The van der Waals surface area contributed by atoms with Gasteiger partial charge in [0.2, 0.25) is 0 Å². The monoisotopic (exact) mass is 327 g/mol. The van der Waals surface area contributed by atoms with Gasteiger partial charge in [-0.1, -0.05) is 0 Å². The Balaban J connectivity index is 1.69. The standard InChI is InChI=1S/C18H21N3O3/c1-20-10-3-4-16(18(20)23)17(22)19-13-5-7-14(8-6-13)21-11-9-15(12-21)24-2/h3-8,10,15H,9,11-12H2,1-2H3,(H,19,22). The largest absolute Gasteiger partial charge is 0.380 e. The Morgan fingerprint density at radius 3 is 2.67 bits per heavy atom. The summed E-state index contributed by atoms with van der Waals surface area (Å²) in [5, 5.41) is 2.77. The Kier molecular flexibility index (Phi) is 4.66. The van der Waals surface area contributed by atoms with Crippen LogP contribution in [-0.2, 0) is 11.8 Å². The maximum absolute atomic E-state index is 12.3. The lowest BCUT2D eigenvalue weighted by atomic mass is 10.2. The van der Waals surface area contributed by atoms with Gasteiger partial charge in [0.15, 0.2) is 0 Å². The number of methoxy groups -OCH3 is 1. The van der Waals surface area contributed by atoms with E-state index in [1.54, 1.807) is 26.4 Å². The number of anilines is 2. The first-order valence-corrected chi connectivity index (χ1v) is 7.93. The highest BCUT2D eigenvalue weighted by Gasteiger charge is 2.22. The van der Waals surface area contributed by atoms with Gasteiger partial charge in [-0.2, -0.15) is 0 Å². The van der Waals surface area contributed by atoms with Gasteiger partial charge in [-0.3, -0.25) is 9.59 Å². The van der Waals surface area contributed by atoms with E-state index in [1.807, 2.05) is 24.3 Å². The third-order valence-corrected chi connectivity index (χ3v) is 4.34. The third-order valence-electron chi connectivity index (χ3n) is 4.34. The zero-order chi connectivity index (χ0) is 17.1. The van der Waals surface area contributed by atoms with Crippen molar-refractivity contribution >= 4 is 17.3 Å². The van der Waals surface area contributed by atoms with Crippen molar-refractivity contribution in [3.05, 3.63) is 58.5 Å². The summed E-state index contributed by atoms with van der Waals surface area (Å²) in [6.45, 7) is 1.84. The number of rotatable bonds is 4. The summed E-state index contributed by atoms with van der Waals surface area (Å²) in [5.41, 5.74) is 1.58. The van der Waals surface area contributed by atoms with Gasteiger partial charge in [0.05, 0.1) is 6.10 Å². The number of hydrogen-bond acceptors (Lipinski definition) is 4. The number of carbonyl (C=O) groups excluding carboxylic acids is 1. The summed E-state index contributed by atoms with van der Waals surface area (Å²) in [4.78, 5) is 26.5. The molecule has 1 aromatic carbocycles. The van der Waals surface area contributed by atoms with Crippen LogP contribution in [0.25, 0.3) is 0 Å². The van der Waals surface area contributed by atoms with Crippen LogP contribution in [-0.4, -0.2) is 36.8 Å². The summed E-state index contributed by atoms with van der Waals surface area (Å²) in [5.74, 6) is -0.399. The molecular weight excluding hydrogens is 306 g/mol. The van der Waals surface area contributed by atoms with Crippen molar-refractivity contribution in [2.45, 2.75) is 12.5 Å². The molecule has 6 nitrogen and oxygen atoms in total. The minimum atomic E-state index is -0.399. The van der Waals surface area contributed by atoms with Gasteiger partial charge in [-0.25, -0.2) is 0 Å². The highest BCUT2D eigenvalue weighted by atomic mass is 16.5. The molecular formula is C18H21N3O3. The summed E-state index contributed by atoms with van der Waals surface area (Å²) < 4.78 is 6.77. The van der Waals surface area contributed by atoms with Crippen molar-refractivity contribution in [2.24, 2.45) is 7.05 Å². The van der Waals surface area contributed by atoms with Gasteiger partial charge in [-0.05, 0) is 42.8 Å². The topological polar surface area (TPSA) is 63.6 Å². The van der Waals surface area contributed by atoms with Crippen LogP contribution in [0.3, 0.4) is 0 Å². The first-order valence-electron chi connectivity index (χ1n) is 7.93. The summed E-state index contributed by atoms with van der Waals surface area (Å²) in [6.07, 6.45) is 2.92. The fraction of sp³-hybridized carbons (Fsp3) is 0.333. The van der Waals surface area contributed by atoms with Crippen molar-refractivity contribution in [1.82, 2.24) is 4.57 Å². The van der Waals surface area contributed by atoms with Gasteiger partial charge < -0.3 is 19.5 Å². The lowest BCUT2D eigenvalue weighted by Crippen LogP contribution is -2.27. The molecule has 3 rings (SSSR count). The van der Waals surface area contributed by atoms with E-state index in [4.69, 9.17) is 4.74 Å². The van der Waals surface area contributed by atoms with E-state index in [2.05, 4.69) is 10.2 Å². The van der Waals surface area contributed by atoms with Gasteiger partial charge >= 0.3 is 0 Å². The molecule has 0 aliphatic carbocycles. The Morgan fingerprint density at radius 1 is 1.25 bits per heavy atom. The molecule has 1 amide bonds. The molecule has 2 aromatic rings. The number of hydrogen-bond donors (Lipinski definition) is 1. The smallest absolute Gasteiger partial charge is 0.263 e. The van der Waals surface area contributed by atoms with Crippen LogP contribution in [0.2, 0.25) is 0 Å². The molecule has 6 heteroatoms. The van der Waals surface area contributed by atoms with Crippen LogP contribution in [0, 0.1) is 0 Å². The lowest BCUT2D eigenvalue weighted by molar-refractivity contribution is 0.102. The van der Waals surface area contributed by atoms with Crippen LogP contribution < -0.4 is 15.8 Å². The van der Waals surface area contributed by atoms with Crippen molar-refractivity contribution in [3.8, 4) is 0 Å². The fourth-order valence-corrected chi connectivity index (χ4v) is 2.88. The summed E-state index contributed by atoms with van der Waals surface area (Å²) >= 11 is 0. The SMILES string of the molecule is COC1CCN(c2ccc(NC(=O)c3cccn(C)c3=O)cc2)C1. The predicted molar refractivity (Wildman–Crippen MR) is 93.7 cm³/mol. The molecule has 0 bridgehead atoms. The van der Waals surface area contributed by atoms with Crippen molar-refractivity contribution in [3.63, 3.8) is 0 Å². The summed E-state index contributed by atoms with van der Waals surface area (Å²) in [7, 11) is 3.36. The zero-order valence-electron chi connectivity index (χ0n) is 13.9. The molecule has 0 spiro atoms. The molecule has 24 heavy (non-hydrogen) atoms. The van der Waals surface area contributed by atoms with Gasteiger partial charge in [0.1, 0.15) is 5.56 Å². The highest BCUT2D eigenvalue weighted by molar-refractivity contribution is 6.04. The van der Waals surface area contributed by atoms with Gasteiger partial charge in [-0.15, -0.1) is 0 Å². The first kappa shape index (κ1) is 16.3. The molecule has 126 valence electrons. The Morgan fingerprint density at radius 2 is 2.00 bits per heavy atom. The molecule has 1 fully saturated rings. The van der Waals surface area contributed by atoms with E-state index in [0.29, 0.717) is 5.69 Å². The van der Waals surface area contributed by atoms with E-state index in [-0.39, 0.29) is 17.2 Å². The molecule has 1 aliphatic heterocycles. The molecule has 1 aliphatic rings. The quantitative estimate of drug-likeness (QED) is 0.931. The highest BCUT2D eigenvalue weighted by Crippen LogP contribution is 2.23. The van der Waals surface area contributed by atoms with Crippen LogP contribution >= 0.6 is 0 Å². The number of carbonyl (C=O) groups is 1. The second-order valence-corrected chi connectivity index (χ2v) is 5.93. The average Bonchev–Trinajstić information content (AvgIpc) is 3.07. The maximum atomic E-state index is 12.3. The Labute approximate surface area is 140 Å². The van der Waals surface area contributed by atoms with Crippen LogP contribution in [0.4, 0.5) is 11.4 Å². The second-order valence-electron chi connectivity index (χ2n) is 5.93. The predicted octanol–water partition coefficient (Wildman–Crippen LogP) is 1.86. The molecule has 1 N–H and O–H groups in total. The zero-order valence-corrected chi connectivity index (χ0v) is 13.9. The number of pyridine rings is 1. The molecule has 0 radical (unpaired) electrons. The van der Waals surface area contributed by atoms with Crippen molar-refractivity contribution in [2.75, 3.05) is 30.4 Å². The van der Waals surface area contributed by atoms with Gasteiger partial charge in [0, 0.05) is 44.8 Å². The summed E-state index contributed by atoms with van der Waals surface area (Å²) in [6, 6.07) is 10.8. The molecule has 2 heterocycles. The van der Waals surface area contributed by atoms with Crippen molar-refractivity contribution < 1.29 is 9.53 Å². The minimum absolute atomic E-state index is 0.131. The van der Waals surface area contributed by atoms with Gasteiger partial charge in [0.25, 0.3) is 11.5 Å². The van der Waals surface area contributed by atoms with E-state index < -0.39 is 5.91 Å². The minimum Gasteiger partial charge on any atom is -0.380 e. The number of aryl methyl sites for hydroxylation is 1. The van der Waals surface area contributed by atoms with E-state index in [9.17, 15) is 9.59 Å². The number of aromatic nitrogens is 1. The van der Waals surface area contributed by atoms with Crippen LogP contribution in [0.5, 0.6) is 0 Å². The third kappa shape index (κ3) is 3.33. The van der Waals surface area contributed by atoms with E-state index in [0.717, 1.165) is 25.2 Å².